The number of benzene rings is 2. The summed E-state index contributed by atoms with van der Waals surface area (Å²) in [6, 6.07) is 19.0. The van der Waals surface area contributed by atoms with E-state index in [1.165, 1.54) is 14.2 Å². The fourth-order valence-electron chi connectivity index (χ4n) is 2.58. The normalized spacial score (nSPS) is 11.3. The van der Waals surface area contributed by atoms with Gasteiger partial charge in [-0.2, -0.15) is 4.57 Å². The molecule has 2 radical (unpaired) electrons. The van der Waals surface area contributed by atoms with Gasteiger partial charge in [0.05, 0.1) is 0 Å². The first-order chi connectivity index (χ1) is 12.9. The second-order valence-electron chi connectivity index (χ2n) is 6.28. The van der Waals surface area contributed by atoms with Crippen LogP contribution in [0, 0.1) is 0 Å². The van der Waals surface area contributed by atoms with Crippen molar-refractivity contribution in [2.24, 2.45) is 0 Å². The molecule has 2 aromatic carbocycles. The molecule has 144 valence electrons. The van der Waals surface area contributed by atoms with Crippen LogP contribution in [0.5, 0.6) is 0 Å². The third kappa shape index (κ3) is 7.83. The van der Waals surface area contributed by atoms with Crippen molar-refractivity contribution in [1.82, 2.24) is 0 Å². The van der Waals surface area contributed by atoms with Crippen LogP contribution in [0.15, 0.2) is 58.9 Å². The van der Waals surface area contributed by atoms with Crippen LogP contribution >= 0.6 is 60.3 Å². The molecule has 1 heterocycles. The molecular formula is C19H20I3NOS2Si. The molecule has 0 saturated carbocycles. The summed E-state index contributed by atoms with van der Waals surface area (Å²) in [5.74, 6) is 0.189. The van der Waals surface area contributed by atoms with E-state index in [9.17, 15) is 4.79 Å². The first-order valence-electron chi connectivity index (χ1n) is 8.16. The van der Waals surface area contributed by atoms with E-state index in [2.05, 4.69) is 104 Å². The molecule has 3 rings (SSSR count). The van der Waals surface area contributed by atoms with Gasteiger partial charge in [0.2, 0.25) is 12.1 Å². The number of hydrogen-bond donors (Lipinski definition) is 0. The number of rotatable bonds is 6. The number of thioether (sulfide) groups is 1. The van der Waals surface area contributed by atoms with Gasteiger partial charge >= 0.3 is 50.5 Å². The van der Waals surface area contributed by atoms with E-state index in [4.69, 9.17) is 0 Å². The van der Waals surface area contributed by atoms with E-state index in [0.717, 1.165) is 5.52 Å². The summed E-state index contributed by atoms with van der Waals surface area (Å²) in [6.07, 6.45) is 0. The number of Topliss-reactive ketones (excluding diaryl/α,β-unsaturated/α-hetero) is 1. The molecule has 0 unspecified atom stereocenters. The second kappa shape index (κ2) is 11.8. The molecule has 0 amide bonds. The Bertz CT molecular complexity index is 887. The van der Waals surface area contributed by atoms with Gasteiger partial charge in [-0.3, -0.25) is 4.79 Å². The molecule has 27 heavy (non-hydrogen) atoms. The van der Waals surface area contributed by atoms with Crippen molar-refractivity contribution in [3.63, 3.8) is 0 Å². The van der Waals surface area contributed by atoms with Gasteiger partial charge in [-0.25, -0.2) is 0 Å². The average molecular weight is 751 g/mol. The third-order valence-electron chi connectivity index (χ3n) is 3.52. The standard InChI is InChI=1S/C19H20NOS2Si.I3/c1-14(21)13-20-16-11-7-8-12-17(16)22-18(20)23-19(2,3)24-15-9-5-4-6-10-15;1-3-2/h4-12H,13H2,1-3H3;/q+1;-1. The van der Waals surface area contributed by atoms with Crippen LogP contribution in [0.3, 0.4) is 0 Å². The number of carbonyl (C=O) groups excluding carboxylic acids is 1. The summed E-state index contributed by atoms with van der Waals surface area (Å²) in [5.41, 5.74) is 1.15. The number of fused-ring (bicyclic) bond motifs is 1. The maximum atomic E-state index is 11.7. The van der Waals surface area contributed by atoms with Crippen molar-refractivity contribution >= 4 is 91.0 Å². The number of hydrogen-bond acceptors (Lipinski definition) is 3. The molecule has 0 spiro atoms. The van der Waals surface area contributed by atoms with Crippen LogP contribution in [0.4, 0.5) is 0 Å². The van der Waals surface area contributed by atoms with Crippen molar-refractivity contribution < 1.29 is 22.6 Å². The van der Waals surface area contributed by atoms with E-state index < -0.39 is 0 Å². The van der Waals surface area contributed by atoms with Gasteiger partial charge < -0.3 is 0 Å². The van der Waals surface area contributed by atoms with E-state index in [0.29, 0.717) is 29.3 Å². The number of halogens is 3. The maximum absolute atomic E-state index is 11.7. The zero-order valence-corrected chi connectivity index (χ0v) is 24.3. The number of aromatic nitrogens is 1. The molecule has 2 nitrogen and oxygen atoms in total. The van der Waals surface area contributed by atoms with Crippen molar-refractivity contribution in [3.05, 3.63) is 54.6 Å². The number of nitrogens with zero attached hydrogens (tertiary/aromatic N) is 1. The molecule has 0 N–H and O–H groups in total. The van der Waals surface area contributed by atoms with Crippen LogP contribution in [-0.2, 0) is 11.3 Å². The first-order valence-corrected chi connectivity index (χ1v) is 23.4. The van der Waals surface area contributed by atoms with Crippen LogP contribution in [0.2, 0.25) is 0 Å². The van der Waals surface area contributed by atoms with Gasteiger partial charge in [0.1, 0.15) is 14.2 Å². The molecule has 0 atom stereocenters. The van der Waals surface area contributed by atoms with E-state index >= 15 is 0 Å². The van der Waals surface area contributed by atoms with E-state index in [-0.39, 0.29) is 10.2 Å². The van der Waals surface area contributed by atoms with Gasteiger partial charge in [0.25, 0.3) is 4.34 Å². The summed E-state index contributed by atoms with van der Waals surface area (Å²) in [6.45, 7) is 6.67. The molecule has 0 saturated heterocycles. The van der Waals surface area contributed by atoms with Crippen LogP contribution in [0.1, 0.15) is 20.8 Å². The predicted molar refractivity (Wildman–Crippen MR) is 133 cm³/mol. The Balaban J connectivity index is 0.000000817. The van der Waals surface area contributed by atoms with Crippen LogP contribution in [-0.4, -0.2) is 19.7 Å². The zero-order valence-electron chi connectivity index (χ0n) is 15.2. The molecule has 8 heteroatoms. The Morgan fingerprint density at radius 3 is 2.37 bits per heavy atom. The molecule has 0 fully saturated rings. The number of ketones is 1. The summed E-state index contributed by atoms with van der Waals surface area (Å²) in [7, 11) is 0.707. The molecule has 1 aromatic heterocycles. The molecule has 3 aromatic rings. The number of carbonyl (C=O) groups is 1. The van der Waals surface area contributed by atoms with Gasteiger partial charge in [-0.15, -0.1) is 0 Å². The third-order valence-corrected chi connectivity index (χ3v) is 7.72. The van der Waals surface area contributed by atoms with E-state index in [1.807, 2.05) is 17.8 Å². The average Bonchev–Trinajstić information content (AvgIpc) is 2.92. The molecule has 0 aliphatic heterocycles. The van der Waals surface area contributed by atoms with Crippen LogP contribution < -0.4 is 23.0 Å². The zero-order chi connectivity index (χ0) is 19.9. The first kappa shape index (κ1) is 24.0. The Morgan fingerprint density at radius 2 is 1.74 bits per heavy atom. The minimum atomic E-state index is 0.0841. The molecule has 0 aliphatic carbocycles. The van der Waals surface area contributed by atoms with Gasteiger partial charge in [0.15, 0.2) is 5.78 Å². The Hall–Kier alpha value is 0.757. The van der Waals surface area contributed by atoms with Gasteiger partial charge in [-0.1, -0.05) is 72.8 Å². The Kier molecular flexibility index (Phi) is 10.5. The summed E-state index contributed by atoms with van der Waals surface area (Å²) in [5, 5.41) is 1.37. The Morgan fingerprint density at radius 1 is 1.15 bits per heavy atom. The van der Waals surface area contributed by atoms with Crippen molar-refractivity contribution in [2.45, 2.75) is 36.0 Å². The van der Waals surface area contributed by atoms with Crippen molar-refractivity contribution in [2.75, 3.05) is 0 Å². The second-order valence-corrected chi connectivity index (χ2v) is 27.9. The molecule has 0 aliphatic rings. The fraction of sp³-hybridized carbons (Fsp3) is 0.263. The topological polar surface area (TPSA) is 20.9 Å². The Labute approximate surface area is 201 Å². The fourth-order valence-corrected chi connectivity index (χ4v) is 7.36. The SMILES string of the molecule is CC(=O)C[n+]1c(SC(C)(C)[Si]c2ccccc2)sc2ccccc21.I[I-]I. The predicted octanol–water partition coefficient (Wildman–Crippen LogP) is 2.41. The quantitative estimate of drug-likeness (QED) is 0.167. The summed E-state index contributed by atoms with van der Waals surface area (Å²) < 4.78 is 4.70. The van der Waals surface area contributed by atoms with E-state index in [1.54, 1.807) is 18.3 Å². The summed E-state index contributed by atoms with van der Waals surface area (Å²) >= 11 is 8.96. The number of para-hydroxylation sites is 1. The van der Waals surface area contributed by atoms with Gasteiger partial charge in [-0.05, 0) is 17.8 Å². The number of thiazole rings is 1. The van der Waals surface area contributed by atoms with Crippen LogP contribution in [0.25, 0.3) is 10.2 Å². The van der Waals surface area contributed by atoms with Crippen molar-refractivity contribution in [1.29, 1.82) is 0 Å². The molecule has 0 bridgehead atoms. The molecular weight excluding hydrogens is 731 g/mol. The monoisotopic (exact) mass is 751 g/mol. The van der Waals surface area contributed by atoms with Gasteiger partial charge in [0, 0.05) is 17.4 Å². The van der Waals surface area contributed by atoms with Crippen molar-refractivity contribution in [3.8, 4) is 0 Å². The summed E-state index contributed by atoms with van der Waals surface area (Å²) in [4.78, 5) is 11.7. The minimum absolute atomic E-state index is 0.0841.